The van der Waals surface area contributed by atoms with E-state index in [-0.39, 0.29) is 5.75 Å². The molecule has 8 nitrogen and oxygen atoms in total. The third kappa shape index (κ3) is 3.11. The minimum atomic E-state index is -0.886. The molecule has 0 aliphatic carbocycles. The Morgan fingerprint density at radius 3 is 3.00 bits per heavy atom. The summed E-state index contributed by atoms with van der Waals surface area (Å²) >= 11 is 0. The maximum atomic E-state index is 11.3. The lowest BCUT2D eigenvalue weighted by molar-refractivity contribution is -0.390. The molecule has 0 bridgehead atoms. The van der Waals surface area contributed by atoms with Crippen LogP contribution in [0.1, 0.15) is 13.3 Å². The van der Waals surface area contributed by atoms with Gasteiger partial charge in [0.05, 0.1) is 0 Å². The van der Waals surface area contributed by atoms with Crippen molar-refractivity contribution in [3.05, 3.63) is 28.4 Å². The van der Waals surface area contributed by atoms with Crippen LogP contribution >= 0.6 is 0 Å². The molecule has 1 aromatic heterocycles. The summed E-state index contributed by atoms with van der Waals surface area (Å²) in [5.41, 5.74) is 1.93. The normalized spacial score (nSPS) is 11.6. The smallest absolute Gasteiger partial charge is 0.406 e. The topological polar surface area (TPSA) is 120 Å². The van der Waals surface area contributed by atoms with E-state index in [1.165, 1.54) is 18.3 Å². The maximum Gasteiger partial charge on any atom is 0.406 e. The molecule has 1 aromatic rings. The first-order valence-electron chi connectivity index (χ1n) is 4.86. The molecule has 8 heteroatoms. The van der Waals surface area contributed by atoms with Crippen molar-refractivity contribution in [2.75, 3.05) is 0 Å². The second-order valence-electron chi connectivity index (χ2n) is 3.11. The highest BCUT2D eigenvalue weighted by atomic mass is 16.6. The summed E-state index contributed by atoms with van der Waals surface area (Å²) in [5, 5.41) is 10.7. The fraction of sp³-hybridized carbons (Fsp3) is 0.333. The molecule has 0 fully saturated rings. The van der Waals surface area contributed by atoms with Gasteiger partial charge in [-0.25, -0.2) is 5.84 Å². The van der Waals surface area contributed by atoms with E-state index >= 15 is 0 Å². The molecule has 0 radical (unpaired) electrons. The molecule has 1 unspecified atom stereocenters. The third-order valence-electron chi connectivity index (χ3n) is 2.00. The van der Waals surface area contributed by atoms with Gasteiger partial charge in [-0.2, -0.15) is 0 Å². The second-order valence-corrected chi connectivity index (χ2v) is 3.11. The predicted octanol–water partition coefficient (Wildman–Crippen LogP) is 0.137. The summed E-state index contributed by atoms with van der Waals surface area (Å²) in [4.78, 5) is 24.8. The first kappa shape index (κ1) is 12.8. The highest BCUT2D eigenvalue weighted by Gasteiger charge is 2.23. The Morgan fingerprint density at radius 2 is 2.47 bits per heavy atom. The maximum absolute atomic E-state index is 11.3. The summed E-state index contributed by atoms with van der Waals surface area (Å²) in [5.74, 6) is 3.92. The molecular formula is C9H12N4O4. The van der Waals surface area contributed by atoms with Gasteiger partial charge < -0.3 is 14.9 Å². The Labute approximate surface area is 96.9 Å². The van der Waals surface area contributed by atoms with Gasteiger partial charge >= 0.3 is 5.82 Å². The fourth-order valence-electron chi connectivity index (χ4n) is 1.18. The first-order chi connectivity index (χ1) is 8.10. The zero-order valence-electron chi connectivity index (χ0n) is 9.12. The quantitative estimate of drug-likeness (QED) is 0.327. The number of amides is 1. The highest BCUT2D eigenvalue weighted by molar-refractivity contribution is 5.80. The number of nitrogens with one attached hydrogen (secondary N) is 1. The Bertz CT molecular complexity index is 423. The molecule has 0 spiro atoms. The van der Waals surface area contributed by atoms with Crippen LogP contribution < -0.4 is 16.0 Å². The number of ether oxygens (including phenoxy) is 1. The van der Waals surface area contributed by atoms with Gasteiger partial charge in [-0.05, 0) is 28.5 Å². The lowest BCUT2D eigenvalue weighted by Crippen LogP contribution is -2.41. The van der Waals surface area contributed by atoms with Crippen LogP contribution in [0.4, 0.5) is 5.82 Å². The molecule has 3 N–H and O–H groups in total. The van der Waals surface area contributed by atoms with Crippen LogP contribution in [0.5, 0.6) is 5.75 Å². The van der Waals surface area contributed by atoms with Gasteiger partial charge in [0.25, 0.3) is 5.91 Å². The number of carbonyl (C=O) groups is 1. The summed E-state index contributed by atoms with van der Waals surface area (Å²) in [6.45, 7) is 1.70. The molecule has 0 aromatic carbocycles. The van der Waals surface area contributed by atoms with Gasteiger partial charge in [0.15, 0.2) is 6.10 Å². The van der Waals surface area contributed by atoms with Crippen molar-refractivity contribution in [2.45, 2.75) is 19.4 Å². The second kappa shape index (κ2) is 5.75. The number of carbonyl (C=O) groups excluding carboxylic acids is 1. The SMILES string of the molecule is CCC(Oc1cccnc1[N+](=O)[O-])C(=O)NN. The number of nitrogens with two attached hydrogens (primary N) is 1. The lowest BCUT2D eigenvalue weighted by atomic mass is 10.2. The number of hydrogen-bond donors (Lipinski definition) is 2. The number of hydrogen-bond acceptors (Lipinski definition) is 6. The molecule has 0 saturated heterocycles. The van der Waals surface area contributed by atoms with Crippen molar-refractivity contribution in [3.8, 4) is 5.75 Å². The summed E-state index contributed by atoms with van der Waals surface area (Å²) in [6, 6.07) is 2.85. The molecule has 1 rings (SSSR count). The van der Waals surface area contributed by atoms with Crippen molar-refractivity contribution in [3.63, 3.8) is 0 Å². The highest BCUT2D eigenvalue weighted by Crippen LogP contribution is 2.24. The van der Waals surface area contributed by atoms with Crippen LogP contribution in [0.3, 0.4) is 0 Å². The first-order valence-corrected chi connectivity index (χ1v) is 4.86. The van der Waals surface area contributed by atoms with Crippen molar-refractivity contribution in [2.24, 2.45) is 5.84 Å². The van der Waals surface area contributed by atoms with Gasteiger partial charge in [-0.3, -0.25) is 10.2 Å². The minimum absolute atomic E-state index is 0.0621. The Kier molecular flexibility index (Phi) is 4.35. The number of rotatable bonds is 5. The van der Waals surface area contributed by atoms with Gasteiger partial charge in [0.2, 0.25) is 5.75 Å². The lowest BCUT2D eigenvalue weighted by Gasteiger charge is -2.14. The van der Waals surface area contributed by atoms with Crippen molar-refractivity contribution >= 4 is 11.7 Å². The van der Waals surface area contributed by atoms with E-state index in [4.69, 9.17) is 10.6 Å². The van der Waals surface area contributed by atoms with Gasteiger partial charge in [0, 0.05) is 0 Å². The van der Waals surface area contributed by atoms with Crippen LogP contribution in [0.25, 0.3) is 0 Å². The molecule has 1 amide bonds. The molecular weight excluding hydrogens is 228 g/mol. The van der Waals surface area contributed by atoms with Gasteiger partial charge in [-0.15, -0.1) is 0 Å². The minimum Gasteiger partial charge on any atom is -0.472 e. The predicted molar refractivity (Wildman–Crippen MR) is 57.9 cm³/mol. The zero-order chi connectivity index (χ0) is 12.8. The molecule has 17 heavy (non-hydrogen) atoms. The Balaban J connectivity index is 2.93. The van der Waals surface area contributed by atoms with Crippen LogP contribution in [0.2, 0.25) is 0 Å². The van der Waals surface area contributed by atoms with E-state index in [1.807, 2.05) is 5.43 Å². The monoisotopic (exact) mass is 240 g/mol. The van der Waals surface area contributed by atoms with Crippen LogP contribution in [-0.2, 0) is 4.79 Å². The summed E-state index contributed by atoms with van der Waals surface area (Å²) < 4.78 is 5.21. The van der Waals surface area contributed by atoms with Crippen molar-refractivity contribution in [1.29, 1.82) is 0 Å². The average Bonchev–Trinajstić information content (AvgIpc) is 2.35. The average molecular weight is 240 g/mol. The van der Waals surface area contributed by atoms with Gasteiger partial charge in [0.1, 0.15) is 6.20 Å². The largest absolute Gasteiger partial charge is 0.472 e. The fourth-order valence-corrected chi connectivity index (χ4v) is 1.18. The number of nitro groups is 1. The van der Waals surface area contributed by atoms with Gasteiger partial charge in [-0.1, -0.05) is 6.92 Å². The Hall–Kier alpha value is -2.22. The standard InChI is InChI=1S/C9H12N4O4/c1-2-6(9(14)12-10)17-7-4-3-5-11-8(7)13(15)16/h3-6H,2,10H2,1H3,(H,12,14). The van der Waals surface area contributed by atoms with E-state index in [9.17, 15) is 14.9 Å². The number of nitrogens with zero attached hydrogens (tertiary/aromatic N) is 2. The van der Waals surface area contributed by atoms with E-state index < -0.39 is 22.8 Å². The van der Waals surface area contributed by atoms with Crippen molar-refractivity contribution in [1.82, 2.24) is 10.4 Å². The molecule has 92 valence electrons. The third-order valence-corrected chi connectivity index (χ3v) is 2.00. The summed E-state index contributed by atoms with van der Waals surface area (Å²) in [6.07, 6.45) is 0.715. The van der Waals surface area contributed by atoms with E-state index in [2.05, 4.69) is 4.98 Å². The van der Waals surface area contributed by atoms with Crippen molar-refractivity contribution < 1.29 is 14.5 Å². The molecule has 0 aliphatic heterocycles. The summed E-state index contributed by atoms with van der Waals surface area (Å²) in [7, 11) is 0. The van der Waals surface area contributed by atoms with Crippen LogP contribution in [0.15, 0.2) is 18.3 Å². The van der Waals surface area contributed by atoms with Crippen LogP contribution in [0, 0.1) is 10.1 Å². The van der Waals surface area contributed by atoms with E-state index in [0.29, 0.717) is 6.42 Å². The van der Waals surface area contributed by atoms with Crippen LogP contribution in [-0.4, -0.2) is 21.9 Å². The van der Waals surface area contributed by atoms with E-state index in [1.54, 1.807) is 6.92 Å². The number of aromatic nitrogens is 1. The molecule has 1 atom stereocenters. The molecule has 1 heterocycles. The Morgan fingerprint density at radius 1 is 1.76 bits per heavy atom. The molecule has 0 aliphatic rings. The number of pyridine rings is 1. The van der Waals surface area contributed by atoms with E-state index in [0.717, 1.165) is 0 Å². The molecule has 0 saturated carbocycles. The zero-order valence-corrected chi connectivity index (χ0v) is 9.12. The number of hydrazine groups is 1.